The van der Waals surface area contributed by atoms with E-state index in [1.165, 1.54) is 0 Å². The maximum Gasteiger partial charge on any atom is 0.511 e. The lowest BCUT2D eigenvalue weighted by molar-refractivity contribution is 0.0836. The predicted molar refractivity (Wildman–Crippen MR) is 93.5 cm³/mol. The third kappa shape index (κ3) is 6.88. The Balaban J connectivity index is 2.80. The van der Waals surface area contributed by atoms with Crippen LogP contribution in [0.2, 0.25) is 30.8 Å². The molecule has 1 unspecified atom stereocenters. The second-order valence-corrected chi connectivity index (χ2v) is 13.7. The topological polar surface area (TPSA) is 64.3 Å². The van der Waals surface area contributed by atoms with Crippen LogP contribution < -0.4 is 0 Å². The zero-order chi connectivity index (χ0) is 16.8. The fourth-order valence-electron chi connectivity index (χ4n) is 2.00. The summed E-state index contributed by atoms with van der Waals surface area (Å²) in [6.45, 7) is 10.1. The molecule has 0 aliphatic carbocycles. The highest BCUT2D eigenvalue weighted by molar-refractivity contribution is 7.37. The molecule has 0 aliphatic rings. The fraction of sp³-hybridized carbons (Fsp3) is 0.786. The summed E-state index contributed by atoms with van der Waals surface area (Å²) in [4.78, 5) is 13.5. The Bertz CT molecular complexity index is 503. The largest absolute Gasteiger partial charge is 0.511 e. The number of halogens is 1. The molecule has 0 fully saturated rings. The third-order valence-corrected chi connectivity index (χ3v) is 5.94. The van der Waals surface area contributed by atoms with Crippen LogP contribution in [0.15, 0.2) is 0 Å². The van der Waals surface area contributed by atoms with Crippen LogP contribution in [0.3, 0.4) is 0 Å². The van der Waals surface area contributed by atoms with Crippen LogP contribution in [0.5, 0.6) is 0 Å². The molecule has 0 spiro atoms. The van der Waals surface area contributed by atoms with E-state index in [0.29, 0.717) is 24.2 Å². The highest BCUT2D eigenvalue weighted by Crippen LogP contribution is 2.28. The van der Waals surface area contributed by atoms with Gasteiger partial charge >= 0.3 is 8.03 Å². The molecule has 1 heterocycles. The van der Waals surface area contributed by atoms with Crippen LogP contribution in [0, 0.1) is 0 Å². The first-order valence-electron chi connectivity index (χ1n) is 7.69. The molecule has 0 amide bonds. The number of hydrogen-bond donors (Lipinski definition) is 1. The van der Waals surface area contributed by atoms with Crippen molar-refractivity contribution in [1.82, 2.24) is 9.55 Å². The van der Waals surface area contributed by atoms with Crippen molar-refractivity contribution in [2.75, 3.05) is 6.61 Å². The molecule has 0 bridgehead atoms. The van der Waals surface area contributed by atoms with Gasteiger partial charge in [-0.1, -0.05) is 44.6 Å². The highest BCUT2D eigenvalue weighted by Gasteiger charge is 2.23. The van der Waals surface area contributed by atoms with Crippen molar-refractivity contribution in [2.45, 2.75) is 64.8 Å². The molecule has 1 rings (SSSR count). The lowest BCUT2D eigenvalue weighted by atomic mass is 10.2. The van der Waals surface area contributed by atoms with Crippen molar-refractivity contribution in [3.8, 4) is 0 Å². The van der Waals surface area contributed by atoms with Gasteiger partial charge in [0.25, 0.3) is 0 Å². The summed E-state index contributed by atoms with van der Waals surface area (Å²) in [7, 11) is -3.42. The number of hydrogen-bond acceptors (Lipinski definition) is 3. The minimum atomic E-state index is -2.29. The lowest BCUT2D eigenvalue weighted by Gasteiger charge is -2.16. The summed E-state index contributed by atoms with van der Waals surface area (Å²) < 4.78 is 18.8. The van der Waals surface area contributed by atoms with E-state index in [9.17, 15) is 9.46 Å². The zero-order valence-electron chi connectivity index (χ0n) is 13.9. The standard InChI is InChI=1S/C14H26ClN2O3PSi/c1-5-6-7-13-16-14(15)12(10-21(18)19)17(13)11-20-8-9-22(2,3)4/h5-11H2,1-4H3/p+1. The van der Waals surface area contributed by atoms with Gasteiger partial charge in [-0.05, 0) is 17.0 Å². The molecule has 0 saturated carbocycles. The van der Waals surface area contributed by atoms with Crippen LogP contribution in [0.4, 0.5) is 0 Å². The average Bonchev–Trinajstić information content (AvgIpc) is 2.67. The van der Waals surface area contributed by atoms with E-state index in [1.54, 1.807) is 0 Å². The van der Waals surface area contributed by atoms with E-state index in [2.05, 4.69) is 31.5 Å². The molecule has 1 aromatic heterocycles. The molecule has 126 valence electrons. The van der Waals surface area contributed by atoms with E-state index in [1.807, 2.05) is 4.57 Å². The zero-order valence-corrected chi connectivity index (χ0v) is 16.6. The van der Waals surface area contributed by atoms with Gasteiger partial charge in [0.1, 0.15) is 18.2 Å². The Morgan fingerprint density at radius 2 is 2.09 bits per heavy atom. The number of unbranched alkanes of at least 4 members (excludes halogenated alkanes) is 1. The van der Waals surface area contributed by atoms with Gasteiger partial charge in [-0.3, -0.25) is 0 Å². The number of rotatable bonds is 10. The monoisotopic (exact) mass is 365 g/mol. The first-order chi connectivity index (χ1) is 10.2. The Labute approximate surface area is 139 Å². The Hall–Kier alpha value is -0.263. The number of ether oxygens (including phenoxy) is 1. The maximum atomic E-state index is 11.2. The van der Waals surface area contributed by atoms with Gasteiger partial charge in [-0.2, -0.15) is 4.89 Å². The molecule has 0 radical (unpaired) electrons. The smallest absolute Gasteiger partial charge is 0.361 e. The predicted octanol–water partition coefficient (Wildman–Crippen LogP) is 4.43. The summed E-state index contributed by atoms with van der Waals surface area (Å²) in [6.07, 6.45) is 2.89. The van der Waals surface area contributed by atoms with Crippen LogP contribution in [-0.2, 0) is 28.6 Å². The molecule has 1 N–H and O–H groups in total. The van der Waals surface area contributed by atoms with Gasteiger partial charge in [-0.15, -0.1) is 0 Å². The number of nitrogens with zero attached hydrogens (tertiary/aromatic N) is 2. The van der Waals surface area contributed by atoms with Gasteiger partial charge in [0.15, 0.2) is 5.15 Å². The minimum absolute atomic E-state index is 0.0185. The molecule has 5 nitrogen and oxygen atoms in total. The van der Waals surface area contributed by atoms with Gasteiger partial charge < -0.3 is 9.30 Å². The summed E-state index contributed by atoms with van der Waals surface area (Å²) >= 11 is 6.14. The number of aromatic nitrogens is 2. The second-order valence-electron chi connectivity index (χ2n) is 6.66. The Morgan fingerprint density at radius 1 is 1.41 bits per heavy atom. The molecule has 0 aromatic carbocycles. The first-order valence-corrected chi connectivity index (χ1v) is 13.2. The molecule has 8 heteroatoms. The van der Waals surface area contributed by atoms with Crippen LogP contribution >= 0.6 is 19.6 Å². The molecule has 0 saturated heterocycles. The van der Waals surface area contributed by atoms with E-state index in [-0.39, 0.29) is 6.16 Å². The van der Waals surface area contributed by atoms with Crippen molar-refractivity contribution in [3.05, 3.63) is 16.7 Å². The molecular formula is C14H27ClN2O3PSi+. The quantitative estimate of drug-likeness (QED) is 0.378. The highest BCUT2D eigenvalue weighted by atomic mass is 35.5. The Kier molecular flexibility index (Phi) is 8.21. The van der Waals surface area contributed by atoms with Gasteiger partial charge in [0, 0.05) is 21.1 Å². The van der Waals surface area contributed by atoms with Gasteiger partial charge in [-0.25, -0.2) is 4.98 Å². The summed E-state index contributed by atoms with van der Waals surface area (Å²) in [5.74, 6) is 0.840. The first kappa shape index (κ1) is 19.8. The van der Waals surface area contributed by atoms with Crippen LogP contribution in [0.1, 0.15) is 31.3 Å². The molecule has 1 aromatic rings. The fourth-order valence-corrected chi connectivity index (χ4v) is 3.69. The third-order valence-electron chi connectivity index (χ3n) is 3.36. The lowest BCUT2D eigenvalue weighted by Crippen LogP contribution is -2.22. The van der Waals surface area contributed by atoms with E-state index >= 15 is 0 Å². The average molecular weight is 366 g/mol. The Morgan fingerprint density at radius 3 is 2.64 bits per heavy atom. The van der Waals surface area contributed by atoms with Crippen LogP contribution in [-0.4, -0.2) is 29.1 Å². The molecule has 1 atom stereocenters. The summed E-state index contributed by atoms with van der Waals surface area (Å²) in [6, 6.07) is 1.09. The minimum Gasteiger partial charge on any atom is -0.361 e. The van der Waals surface area contributed by atoms with E-state index < -0.39 is 16.1 Å². The maximum absolute atomic E-state index is 11.2. The molecule has 0 aliphatic heterocycles. The normalized spacial score (nSPS) is 12.7. The SMILES string of the molecule is CCCCc1nc(Cl)c(C[P+](=O)O)n1COCC[Si](C)(C)C. The second kappa shape index (κ2) is 9.14. The van der Waals surface area contributed by atoms with E-state index in [4.69, 9.17) is 16.3 Å². The summed E-state index contributed by atoms with van der Waals surface area (Å²) in [5, 5.41) is 0.317. The van der Waals surface area contributed by atoms with Crippen LogP contribution in [0.25, 0.3) is 0 Å². The molecular weight excluding hydrogens is 339 g/mol. The number of imidazole rings is 1. The van der Waals surface area contributed by atoms with Crippen molar-refractivity contribution in [2.24, 2.45) is 0 Å². The van der Waals surface area contributed by atoms with Crippen molar-refractivity contribution in [1.29, 1.82) is 0 Å². The van der Waals surface area contributed by atoms with Crippen molar-refractivity contribution >= 4 is 27.7 Å². The van der Waals surface area contributed by atoms with Crippen molar-refractivity contribution < 1.29 is 14.2 Å². The molecule has 22 heavy (non-hydrogen) atoms. The van der Waals surface area contributed by atoms with Crippen molar-refractivity contribution in [3.63, 3.8) is 0 Å². The van der Waals surface area contributed by atoms with Gasteiger partial charge in [0.05, 0.1) is 0 Å². The van der Waals surface area contributed by atoms with Gasteiger partial charge in [0.2, 0.25) is 6.16 Å². The number of aryl methyl sites for hydroxylation is 1. The van der Waals surface area contributed by atoms with E-state index in [0.717, 1.165) is 31.1 Å². The summed E-state index contributed by atoms with van der Waals surface area (Å²) in [5.41, 5.74) is 0.601.